The molecule has 1 N–H and O–H groups in total. The normalized spacial score (nSPS) is 13.1. The van der Waals surface area contributed by atoms with E-state index in [0.29, 0.717) is 12.1 Å². The van der Waals surface area contributed by atoms with E-state index in [4.69, 9.17) is 14.7 Å². The van der Waals surface area contributed by atoms with Crippen molar-refractivity contribution in [3.8, 4) is 11.8 Å². The number of benzene rings is 1. The van der Waals surface area contributed by atoms with Gasteiger partial charge in [0.15, 0.2) is 0 Å². The molecule has 1 aromatic carbocycles. The summed E-state index contributed by atoms with van der Waals surface area (Å²) in [7, 11) is 1.49. The van der Waals surface area contributed by atoms with E-state index in [9.17, 15) is 9.59 Å². The van der Waals surface area contributed by atoms with Gasteiger partial charge in [-0.2, -0.15) is 5.26 Å². The molecule has 0 aromatic heterocycles. The third kappa shape index (κ3) is 5.08. The van der Waals surface area contributed by atoms with E-state index in [-0.39, 0.29) is 23.1 Å². The molecule has 0 saturated heterocycles. The fourth-order valence-corrected chi connectivity index (χ4v) is 2.25. The van der Waals surface area contributed by atoms with Crippen molar-refractivity contribution in [2.45, 2.75) is 39.7 Å². The Bertz CT molecular complexity index is 634. The average Bonchev–Trinajstić information content (AvgIpc) is 2.47. The Morgan fingerprint density at radius 2 is 2.04 bits per heavy atom. The number of nitriles is 1. The number of esters is 1. The number of ether oxygens (including phenoxy) is 2. The molecule has 6 heteroatoms. The van der Waals surface area contributed by atoms with Crippen molar-refractivity contribution in [1.29, 1.82) is 5.26 Å². The number of carbonyl (C=O) groups is 2. The summed E-state index contributed by atoms with van der Waals surface area (Å²) >= 11 is 0. The molecule has 0 unspecified atom stereocenters. The van der Waals surface area contributed by atoms with Crippen LogP contribution in [0.4, 0.5) is 5.69 Å². The van der Waals surface area contributed by atoms with Gasteiger partial charge in [-0.15, -0.1) is 0 Å². The summed E-state index contributed by atoms with van der Waals surface area (Å²) in [5, 5.41) is 11.9. The van der Waals surface area contributed by atoms with E-state index in [2.05, 4.69) is 5.32 Å². The molecule has 1 atom stereocenters. The quantitative estimate of drug-likeness (QED) is 0.643. The molecule has 0 bridgehead atoms. The zero-order valence-corrected chi connectivity index (χ0v) is 14.1. The maximum absolute atomic E-state index is 12.5. The second kappa shape index (κ2) is 7.75. The van der Waals surface area contributed by atoms with Crippen LogP contribution in [0, 0.1) is 17.2 Å². The highest BCUT2D eigenvalue weighted by molar-refractivity contribution is 5.97. The summed E-state index contributed by atoms with van der Waals surface area (Å²) in [6, 6.07) is 6.45. The molecule has 0 aliphatic carbocycles. The van der Waals surface area contributed by atoms with Crippen molar-refractivity contribution >= 4 is 17.6 Å². The highest BCUT2D eigenvalue weighted by Gasteiger charge is 2.34. The van der Waals surface area contributed by atoms with Crippen LogP contribution in [0.1, 0.15) is 39.7 Å². The van der Waals surface area contributed by atoms with Crippen molar-refractivity contribution in [2.75, 3.05) is 12.4 Å². The predicted molar refractivity (Wildman–Crippen MR) is 86.0 cm³/mol. The lowest BCUT2D eigenvalue weighted by atomic mass is 9.93. The number of nitrogens with one attached hydrogen (secondary N) is 1. The number of hydrogen-bond acceptors (Lipinski definition) is 5. The standard InChI is InChI=1S/C17H22N2O4/c1-11(2)9-17(4,22-5)16(21)19-14-6-7-15(23-12(3)20)13(8-14)10-18/h6-8,11H,9H2,1-5H3,(H,19,21)/t17-/m0/s1. The van der Waals surface area contributed by atoms with Crippen LogP contribution < -0.4 is 10.1 Å². The molecular formula is C17H22N2O4. The molecule has 1 rings (SSSR count). The van der Waals surface area contributed by atoms with Gasteiger partial charge in [0.1, 0.15) is 17.4 Å². The maximum atomic E-state index is 12.5. The van der Waals surface area contributed by atoms with Gasteiger partial charge in [-0.1, -0.05) is 13.8 Å². The van der Waals surface area contributed by atoms with E-state index in [1.807, 2.05) is 19.9 Å². The minimum absolute atomic E-state index is 0.162. The Kier molecular flexibility index (Phi) is 6.28. The summed E-state index contributed by atoms with van der Waals surface area (Å²) in [6.07, 6.45) is 0.561. The average molecular weight is 318 g/mol. The van der Waals surface area contributed by atoms with E-state index >= 15 is 0 Å². The van der Waals surface area contributed by atoms with Crippen molar-refractivity contribution in [3.05, 3.63) is 23.8 Å². The SMILES string of the molecule is CO[C@@](C)(CC(C)C)C(=O)Nc1ccc(OC(C)=O)c(C#N)c1. The van der Waals surface area contributed by atoms with Gasteiger partial charge in [0, 0.05) is 19.7 Å². The summed E-state index contributed by atoms with van der Waals surface area (Å²) < 4.78 is 10.3. The highest BCUT2D eigenvalue weighted by atomic mass is 16.5. The van der Waals surface area contributed by atoms with Crippen LogP contribution in [0.2, 0.25) is 0 Å². The van der Waals surface area contributed by atoms with Crippen molar-refractivity contribution in [2.24, 2.45) is 5.92 Å². The maximum Gasteiger partial charge on any atom is 0.308 e. The van der Waals surface area contributed by atoms with E-state index in [1.165, 1.54) is 26.2 Å². The first kappa shape index (κ1) is 18.7. The van der Waals surface area contributed by atoms with Crippen LogP contribution in [0.3, 0.4) is 0 Å². The number of nitrogens with zero attached hydrogens (tertiary/aromatic N) is 1. The lowest BCUT2D eigenvalue weighted by molar-refractivity contribution is -0.137. The second-order valence-corrected chi connectivity index (χ2v) is 5.90. The number of amides is 1. The monoisotopic (exact) mass is 318 g/mol. The fraction of sp³-hybridized carbons (Fsp3) is 0.471. The van der Waals surface area contributed by atoms with Gasteiger partial charge in [-0.25, -0.2) is 0 Å². The smallest absolute Gasteiger partial charge is 0.308 e. The predicted octanol–water partition coefficient (Wildman–Crippen LogP) is 2.87. The van der Waals surface area contributed by atoms with Crippen LogP contribution in [-0.2, 0) is 14.3 Å². The molecule has 0 radical (unpaired) electrons. The van der Waals surface area contributed by atoms with Gasteiger partial charge in [-0.05, 0) is 37.5 Å². The topological polar surface area (TPSA) is 88.4 Å². The van der Waals surface area contributed by atoms with E-state index < -0.39 is 11.6 Å². The Morgan fingerprint density at radius 3 is 2.52 bits per heavy atom. The third-order valence-electron chi connectivity index (χ3n) is 3.34. The molecule has 6 nitrogen and oxygen atoms in total. The van der Waals surface area contributed by atoms with Gasteiger partial charge in [0.2, 0.25) is 0 Å². The molecule has 0 saturated carbocycles. The first-order chi connectivity index (χ1) is 10.7. The summed E-state index contributed by atoms with van der Waals surface area (Å²) in [4.78, 5) is 23.5. The van der Waals surface area contributed by atoms with Gasteiger partial charge in [0.25, 0.3) is 5.91 Å². The zero-order chi connectivity index (χ0) is 17.6. The molecule has 23 heavy (non-hydrogen) atoms. The van der Waals surface area contributed by atoms with Crippen LogP contribution in [0.25, 0.3) is 0 Å². The van der Waals surface area contributed by atoms with Crippen molar-refractivity contribution in [3.63, 3.8) is 0 Å². The molecule has 0 spiro atoms. The van der Waals surface area contributed by atoms with Crippen LogP contribution in [-0.4, -0.2) is 24.6 Å². The minimum Gasteiger partial charge on any atom is -0.425 e. The van der Waals surface area contributed by atoms with E-state index in [1.54, 1.807) is 13.0 Å². The Morgan fingerprint density at radius 1 is 1.39 bits per heavy atom. The highest BCUT2D eigenvalue weighted by Crippen LogP contribution is 2.25. The van der Waals surface area contributed by atoms with Crippen LogP contribution in [0.15, 0.2) is 18.2 Å². The number of carbonyl (C=O) groups excluding carboxylic acids is 2. The first-order valence-corrected chi connectivity index (χ1v) is 7.31. The summed E-state index contributed by atoms with van der Waals surface area (Å²) in [5.41, 5.74) is -0.356. The minimum atomic E-state index is -0.963. The number of rotatable bonds is 6. The van der Waals surface area contributed by atoms with E-state index in [0.717, 1.165) is 0 Å². The summed E-state index contributed by atoms with van der Waals surface area (Å²) in [5.74, 6) is -0.360. The lowest BCUT2D eigenvalue weighted by Gasteiger charge is -2.28. The molecular weight excluding hydrogens is 296 g/mol. The first-order valence-electron chi connectivity index (χ1n) is 7.31. The molecule has 124 valence electrons. The fourth-order valence-electron chi connectivity index (χ4n) is 2.25. The molecule has 0 fully saturated rings. The molecule has 0 aliphatic heterocycles. The second-order valence-electron chi connectivity index (χ2n) is 5.90. The van der Waals surface area contributed by atoms with Gasteiger partial charge in [-0.3, -0.25) is 9.59 Å². The van der Waals surface area contributed by atoms with Crippen molar-refractivity contribution < 1.29 is 19.1 Å². The van der Waals surface area contributed by atoms with Gasteiger partial charge in [0.05, 0.1) is 5.56 Å². The number of hydrogen-bond donors (Lipinski definition) is 1. The number of anilines is 1. The zero-order valence-electron chi connectivity index (χ0n) is 14.1. The van der Waals surface area contributed by atoms with Gasteiger partial charge < -0.3 is 14.8 Å². The number of methoxy groups -OCH3 is 1. The Balaban J connectivity index is 2.98. The van der Waals surface area contributed by atoms with Crippen molar-refractivity contribution in [1.82, 2.24) is 0 Å². The largest absolute Gasteiger partial charge is 0.425 e. The Hall–Kier alpha value is -2.39. The Labute approximate surface area is 136 Å². The molecule has 1 amide bonds. The van der Waals surface area contributed by atoms with Gasteiger partial charge >= 0.3 is 5.97 Å². The molecule has 0 heterocycles. The van der Waals surface area contributed by atoms with Crippen LogP contribution >= 0.6 is 0 Å². The molecule has 1 aromatic rings. The third-order valence-corrected chi connectivity index (χ3v) is 3.34. The lowest BCUT2D eigenvalue weighted by Crippen LogP contribution is -2.43. The summed E-state index contributed by atoms with van der Waals surface area (Å²) in [6.45, 7) is 6.99. The van der Waals surface area contributed by atoms with Crippen LogP contribution in [0.5, 0.6) is 5.75 Å². The molecule has 0 aliphatic rings.